The molecule has 6 nitrogen and oxygen atoms in total. The van der Waals surface area contributed by atoms with Crippen molar-refractivity contribution >= 4 is 49.1 Å². The lowest BCUT2D eigenvalue weighted by Crippen LogP contribution is -2.15. The molecule has 0 saturated carbocycles. The van der Waals surface area contributed by atoms with Gasteiger partial charge < -0.3 is 5.73 Å². The molecule has 0 aliphatic heterocycles. The summed E-state index contributed by atoms with van der Waals surface area (Å²) in [6.45, 7) is 3.56. The number of hydrogen-bond acceptors (Lipinski definition) is 4. The minimum absolute atomic E-state index is 0.0393. The van der Waals surface area contributed by atoms with Gasteiger partial charge in [0.15, 0.2) is 5.82 Å². The van der Waals surface area contributed by atoms with Crippen LogP contribution in [0.1, 0.15) is 11.3 Å². The maximum atomic E-state index is 12.4. The molecule has 2 rings (SSSR count). The van der Waals surface area contributed by atoms with Crippen molar-refractivity contribution in [2.75, 3.05) is 10.5 Å². The fraction of sp³-hybridized carbons (Fsp3) is 0.182. The van der Waals surface area contributed by atoms with Crippen LogP contribution in [0.5, 0.6) is 0 Å². The third-order valence-corrected chi connectivity index (χ3v) is 5.53. The molecule has 0 unspecified atom stereocenters. The van der Waals surface area contributed by atoms with Gasteiger partial charge in [0.25, 0.3) is 10.0 Å². The lowest BCUT2D eigenvalue weighted by molar-refractivity contribution is 0.600. The summed E-state index contributed by atoms with van der Waals surface area (Å²) in [5, 5.41) is 6.85. The monoisotopic (exact) mass is 378 g/mol. The standard InChI is InChI=1S/C11H12BrClN4O2S/c1-5-6(2)15-16-11(5)17-20(18,19)9-4-7(13)3-8(14)10(9)12/h3-4H,14H2,1-2H3,(H2,15,16,17). The summed E-state index contributed by atoms with van der Waals surface area (Å²) in [5.41, 5.74) is 7.45. The smallest absolute Gasteiger partial charge is 0.264 e. The molecule has 0 fully saturated rings. The van der Waals surface area contributed by atoms with Gasteiger partial charge in [0, 0.05) is 22.0 Å². The Morgan fingerprint density at radius 2 is 2.05 bits per heavy atom. The first-order valence-corrected chi connectivity index (χ1v) is 8.16. The zero-order valence-corrected chi connectivity index (χ0v) is 13.8. The van der Waals surface area contributed by atoms with Crippen molar-refractivity contribution in [3.8, 4) is 0 Å². The van der Waals surface area contributed by atoms with Gasteiger partial charge in [-0.2, -0.15) is 5.10 Å². The Bertz CT molecular complexity index is 773. The van der Waals surface area contributed by atoms with Gasteiger partial charge in [-0.3, -0.25) is 9.82 Å². The predicted molar refractivity (Wildman–Crippen MR) is 82.4 cm³/mol. The number of halogens is 2. The zero-order chi connectivity index (χ0) is 15.1. The van der Waals surface area contributed by atoms with E-state index >= 15 is 0 Å². The second-order valence-corrected chi connectivity index (χ2v) is 7.12. The van der Waals surface area contributed by atoms with E-state index in [-0.39, 0.29) is 25.9 Å². The molecule has 0 saturated heterocycles. The molecule has 9 heteroatoms. The third kappa shape index (κ3) is 2.77. The normalized spacial score (nSPS) is 11.6. The lowest BCUT2D eigenvalue weighted by Gasteiger charge is -2.10. The van der Waals surface area contributed by atoms with Gasteiger partial charge in [0.1, 0.15) is 4.90 Å². The van der Waals surface area contributed by atoms with Crippen LogP contribution in [0.25, 0.3) is 0 Å². The fourth-order valence-electron chi connectivity index (χ4n) is 1.55. The SMILES string of the molecule is Cc1[nH]nc(NS(=O)(=O)c2cc(Cl)cc(N)c2Br)c1C. The second-order valence-electron chi connectivity index (χ2n) is 4.23. The minimum Gasteiger partial charge on any atom is -0.398 e. The Morgan fingerprint density at radius 3 is 2.60 bits per heavy atom. The Balaban J connectivity index is 2.49. The predicted octanol–water partition coefficient (Wildman–Crippen LogP) is 2.83. The van der Waals surface area contributed by atoms with Gasteiger partial charge in [-0.05, 0) is 41.9 Å². The Hall–Kier alpha value is -1.25. The number of H-pyrrole nitrogens is 1. The lowest BCUT2D eigenvalue weighted by atomic mass is 10.3. The Kier molecular flexibility index (Phi) is 3.99. The first kappa shape index (κ1) is 15.1. The van der Waals surface area contributed by atoms with Crippen LogP contribution in [0.4, 0.5) is 11.5 Å². The number of benzene rings is 1. The van der Waals surface area contributed by atoms with Crippen LogP contribution in [-0.2, 0) is 10.0 Å². The number of aryl methyl sites for hydroxylation is 1. The molecule has 2 aromatic rings. The van der Waals surface area contributed by atoms with Crippen molar-refractivity contribution in [3.05, 3.63) is 32.9 Å². The highest BCUT2D eigenvalue weighted by molar-refractivity contribution is 9.10. The average molecular weight is 380 g/mol. The van der Waals surface area contributed by atoms with E-state index in [4.69, 9.17) is 17.3 Å². The topological polar surface area (TPSA) is 101 Å². The van der Waals surface area contributed by atoms with Crippen LogP contribution in [0.3, 0.4) is 0 Å². The van der Waals surface area contributed by atoms with Crippen molar-refractivity contribution in [2.45, 2.75) is 18.7 Å². The van der Waals surface area contributed by atoms with Crippen LogP contribution in [-0.4, -0.2) is 18.6 Å². The molecule has 4 N–H and O–H groups in total. The van der Waals surface area contributed by atoms with Gasteiger partial charge in [-0.1, -0.05) is 11.6 Å². The number of nitrogens with zero attached hydrogens (tertiary/aromatic N) is 1. The van der Waals surface area contributed by atoms with Crippen molar-refractivity contribution < 1.29 is 8.42 Å². The molecule has 1 heterocycles. The van der Waals surface area contributed by atoms with Crippen molar-refractivity contribution in [1.29, 1.82) is 0 Å². The highest BCUT2D eigenvalue weighted by Gasteiger charge is 2.22. The summed E-state index contributed by atoms with van der Waals surface area (Å²) < 4.78 is 27.4. The molecule has 1 aromatic carbocycles. The number of nitrogens with one attached hydrogen (secondary N) is 2. The van der Waals surface area contributed by atoms with Gasteiger partial charge >= 0.3 is 0 Å². The zero-order valence-electron chi connectivity index (χ0n) is 10.7. The van der Waals surface area contributed by atoms with Crippen molar-refractivity contribution in [2.24, 2.45) is 0 Å². The molecule has 1 aromatic heterocycles. The Morgan fingerprint density at radius 1 is 1.40 bits per heavy atom. The number of rotatable bonds is 3. The maximum absolute atomic E-state index is 12.4. The van der Waals surface area contributed by atoms with Crippen LogP contribution < -0.4 is 10.5 Å². The molecule has 0 aliphatic rings. The largest absolute Gasteiger partial charge is 0.398 e. The molecule has 0 radical (unpaired) electrons. The maximum Gasteiger partial charge on any atom is 0.264 e. The minimum atomic E-state index is -3.84. The van der Waals surface area contributed by atoms with Crippen LogP contribution in [0, 0.1) is 13.8 Å². The third-order valence-electron chi connectivity index (χ3n) is 2.81. The molecule has 0 amide bonds. The first-order chi connectivity index (χ1) is 9.22. The van der Waals surface area contributed by atoms with Gasteiger partial charge in [-0.25, -0.2) is 8.42 Å². The first-order valence-electron chi connectivity index (χ1n) is 5.51. The highest BCUT2D eigenvalue weighted by atomic mass is 79.9. The van der Waals surface area contributed by atoms with E-state index < -0.39 is 10.0 Å². The summed E-state index contributed by atoms with van der Waals surface area (Å²) in [5.74, 6) is 0.243. The average Bonchev–Trinajstić information content (AvgIpc) is 2.65. The molecule has 0 spiro atoms. The van der Waals surface area contributed by atoms with Gasteiger partial charge in [0.05, 0.1) is 4.47 Å². The van der Waals surface area contributed by atoms with Crippen molar-refractivity contribution in [1.82, 2.24) is 10.2 Å². The summed E-state index contributed by atoms with van der Waals surface area (Å²) >= 11 is 9.01. The van der Waals surface area contributed by atoms with E-state index in [1.54, 1.807) is 13.8 Å². The van der Waals surface area contributed by atoms with E-state index in [0.29, 0.717) is 0 Å². The summed E-state index contributed by atoms with van der Waals surface area (Å²) in [6, 6.07) is 2.79. The number of aromatic amines is 1. The molecule has 20 heavy (non-hydrogen) atoms. The van der Waals surface area contributed by atoms with E-state index in [9.17, 15) is 8.42 Å². The van der Waals surface area contributed by atoms with E-state index in [1.165, 1.54) is 12.1 Å². The van der Waals surface area contributed by atoms with E-state index in [0.717, 1.165) is 11.3 Å². The number of anilines is 2. The number of nitrogen functional groups attached to an aromatic ring is 1. The van der Waals surface area contributed by atoms with Crippen LogP contribution in [0.15, 0.2) is 21.5 Å². The van der Waals surface area contributed by atoms with Crippen LogP contribution >= 0.6 is 27.5 Å². The molecule has 108 valence electrons. The number of nitrogens with two attached hydrogens (primary N) is 1. The van der Waals surface area contributed by atoms with E-state index in [1.807, 2.05) is 0 Å². The van der Waals surface area contributed by atoms with E-state index in [2.05, 4.69) is 30.8 Å². The molecule has 0 aliphatic carbocycles. The molecule has 0 atom stereocenters. The fourth-order valence-corrected chi connectivity index (χ4v) is 3.91. The Labute approximate surface area is 129 Å². The quantitative estimate of drug-likeness (QED) is 0.714. The second kappa shape index (κ2) is 5.27. The van der Waals surface area contributed by atoms with Crippen molar-refractivity contribution in [3.63, 3.8) is 0 Å². The molecule has 0 bridgehead atoms. The van der Waals surface area contributed by atoms with Crippen LogP contribution in [0.2, 0.25) is 5.02 Å². The number of aromatic nitrogens is 2. The summed E-state index contributed by atoms with van der Waals surface area (Å²) in [4.78, 5) is -0.0393. The van der Waals surface area contributed by atoms with Gasteiger partial charge in [0.2, 0.25) is 0 Å². The number of hydrogen-bond donors (Lipinski definition) is 3. The number of sulfonamides is 1. The van der Waals surface area contributed by atoms with Gasteiger partial charge in [-0.15, -0.1) is 0 Å². The highest BCUT2D eigenvalue weighted by Crippen LogP contribution is 2.32. The molecular weight excluding hydrogens is 368 g/mol. The molecular formula is C11H12BrClN4O2S. The summed E-state index contributed by atoms with van der Waals surface area (Å²) in [6.07, 6.45) is 0. The summed E-state index contributed by atoms with van der Waals surface area (Å²) in [7, 11) is -3.84.